The molecule has 3 amide bonds. The molecule has 0 radical (unpaired) electrons. The van der Waals surface area contributed by atoms with E-state index in [1.165, 1.54) is 4.90 Å². The summed E-state index contributed by atoms with van der Waals surface area (Å²) in [5.41, 5.74) is 1.81. The highest BCUT2D eigenvalue weighted by molar-refractivity contribution is 6.14. The molecule has 0 aromatic heterocycles. The molecule has 2 aromatic rings. The van der Waals surface area contributed by atoms with Crippen LogP contribution in [0.15, 0.2) is 54.2 Å². The lowest BCUT2D eigenvalue weighted by molar-refractivity contribution is -0.123. The Kier molecular flexibility index (Phi) is 5.76. The average molecular weight is 366 g/mol. The summed E-state index contributed by atoms with van der Waals surface area (Å²) < 4.78 is 11.2. The summed E-state index contributed by atoms with van der Waals surface area (Å²) in [6.45, 7) is 5.05. The smallest absolute Gasteiger partial charge is 0.329 e. The predicted molar refractivity (Wildman–Crippen MR) is 102 cm³/mol. The maximum atomic E-state index is 12.7. The maximum absolute atomic E-state index is 12.7. The summed E-state index contributed by atoms with van der Waals surface area (Å²) in [5.74, 6) is 0.926. The van der Waals surface area contributed by atoms with E-state index >= 15 is 0 Å². The number of carbonyl (C=O) groups excluding carboxylic acids is 2. The van der Waals surface area contributed by atoms with E-state index in [4.69, 9.17) is 9.47 Å². The lowest BCUT2D eigenvalue weighted by Gasteiger charge is -2.12. The zero-order chi connectivity index (χ0) is 19.2. The van der Waals surface area contributed by atoms with Crippen molar-refractivity contribution in [3.8, 4) is 11.5 Å². The molecule has 1 saturated heterocycles. The highest BCUT2D eigenvalue weighted by Crippen LogP contribution is 2.28. The van der Waals surface area contributed by atoms with Gasteiger partial charge >= 0.3 is 6.03 Å². The van der Waals surface area contributed by atoms with Crippen LogP contribution >= 0.6 is 0 Å². The van der Waals surface area contributed by atoms with Crippen LogP contribution in [0.1, 0.15) is 25.0 Å². The van der Waals surface area contributed by atoms with Crippen molar-refractivity contribution in [3.05, 3.63) is 65.4 Å². The Labute approximate surface area is 158 Å². The van der Waals surface area contributed by atoms with Gasteiger partial charge in [-0.25, -0.2) is 4.79 Å². The van der Waals surface area contributed by atoms with Crippen LogP contribution in [0.5, 0.6) is 11.5 Å². The maximum Gasteiger partial charge on any atom is 0.329 e. The van der Waals surface area contributed by atoms with E-state index in [0.717, 1.165) is 5.56 Å². The molecule has 0 spiro atoms. The van der Waals surface area contributed by atoms with E-state index in [9.17, 15) is 9.59 Å². The number of ether oxygens (including phenoxy) is 2. The van der Waals surface area contributed by atoms with Crippen LogP contribution in [0.25, 0.3) is 6.08 Å². The second-order valence-electron chi connectivity index (χ2n) is 5.93. The molecule has 6 heteroatoms. The van der Waals surface area contributed by atoms with Crippen LogP contribution in [-0.2, 0) is 11.3 Å². The van der Waals surface area contributed by atoms with Gasteiger partial charge in [0, 0.05) is 11.6 Å². The number of amides is 3. The van der Waals surface area contributed by atoms with E-state index in [1.54, 1.807) is 18.2 Å². The van der Waals surface area contributed by atoms with Crippen LogP contribution in [0.2, 0.25) is 0 Å². The van der Waals surface area contributed by atoms with Gasteiger partial charge in [0.15, 0.2) is 0 Å². The molecule has 6 nitrogen and oxygen atoms in total. The van der Waals surface area contributed by atoms with Crippen LogP contribution in [0.4, 0.5) is 4.79 Å². The molecule has 0 atom stereocenters. The van der Waals surface area contributed by atoms with Gasteiger partial charge in [-0.1, -0.05) is 30.3 Å². The molecular formula is C21H22N2O4. The van der Waals surface area contributed by atoms with E-state index < -0.39 is 6.03 Å². The van der Waals surface area contributed by atoms with Crippen LogP contribution in [0.3, 0.4) is 0 Å². The molecular weight excluding hydrogens is 344 g/mol. The molecule has 0 aliphatic carbocycles. The van der Waals surface area contributed by atoms with Crippen molar-refractivity contribution in [1.82, 2.24) is 10.2 Å². The van der Waals surface area contributed by atoms with E-state index in [1.807, 2.05) is 50.2 Å². The molecule has 1 N–H and O–H groups in total. The monoisotopic (exact) mass is 366 g/mol. The predicted octanol–water partition coefficient (Wildman–Crippen LogP) is 3.58. The fraction of sp³-hybridized carbons (Fsp3) is 0.238. The number of benzene rings is 2. The SMILES string of the molecule is CCOc1ccc(/C=C2/NC(=O)N(Cc3ccccc3)C2=O)c(OCC)c1. The Morgan fingerprint density at radius 3 is 2.44 bits per heavy atom. The summed E-state index contributed by atoms with van der Waals surface area (Å²) in [4.78, 5) is 26.1. The zero-order valence-electron chi connectivity index (χ0n) is 15.4. The second-order valence-corrected chi connectivity index (χ2v) is 5.93. The standard InChI is InChI=1S/C21H22N2O4/c1-3-26-17-11-10-16(19(13-17)27-4-2)12-18-20(24)23(21(25)22-18)14-15-8-6-5-7-9-15/h5-13H,3-4,14H2,1-2H3,(H,22,25)/b18-12+. The number of nitrogens with one attached hydrogen (secondary N) is 1. The highest BCUT2D eigenvalue weighted by atomic mass is 16.5. The zero-order valence-corrected chi connectivity index (χ0v) is 15.4. The van der Waals surface area contributed by atoms with Gasteiger partial charge in [0.1, 0.15) is 17.2 Å². The summed E-state index contributed by atoms with van der Waals surface area (Å²) in [6, 6.07) is 14.4. The third-order valence-electron chi connectivity index (χ3n) is 4.04. The topological polar surface area (TPSA) is 67.9 Å². The number of carbonyl (C=O) groups is 2. The largest absolute Gasteiger partial charge is 0.494 e. The molecule has 0 saturated carbocycles. The summed E-state index contributed by atoms with van der Waals surface area (Å²) in [6.07, 6.45) is 1.63. The summed E-state index contributed by atoms with van der Waals surface area (Å²) in [7, 11) is 0. The van der Waals surface area contributed by atoms with Gasteiger partial charge in [0.25, 0.3) is 5.91 Å². The van der Waals surface area contributed by atoms with Gasteiger partial charge in [0.2, 0.25) is 0 Å². The quantitative estimate of drug-likeness (QED) is 0.601. The van der Waals surface area contributed by atoms with Crippen molar-refractivity contribution in [3.63, 3.8) is 0 Å². The van der Waals surface area contributed by atoms with E-state index in [0.29, 0.717) is 30.3 Å². The van der Waals surface area contributed by atoms with Crippen molar-refractivity contribution in [2.45, 2.75) is 20.4 Å². The molecule has 0 unspecified atom stereocenters. The van der Waals surface area contributed by atoms with Crippen LogP contribution in [-0.4, -0.2) is 30.1 Å². The van der Waals surface area contributed by atoms with Gasteiger partial charge in [-0.15, -0.1) is 0 Å². The van der Waals surface area contributed by atoms with Crippen LogP contribution in [0, 0.1) is 0 Å². The molecule has 140 valence electrons. The first-order valence-corrected chi connectivity index (χ1v) is 8.90. The number of imide groups is 1. The van der Waals surface area contributed by atoms with E-state index in [-0.39, 0.29) is 18.1 Å². The minimum atomic E-state index is -0.431. The van der Waals surface area contributed by atoms with Crippen molar-refractivity contribution in [2.24, 2.45) is 0 Å². The third kappa shape index (κ3) is 4.28. The lowest BCUT2D eigenvalue weighted by atomic mass is 10.1. The fourth-order valence-electron chi connectivity index (χ4n) is 2.81. The minimum Gasteiger partial charge on any atom is -0.494 e. The average Bonchev–Trinajstić information content (AvgIpc) is 2.93. The summed E-state index contributed by atoms with van der Waals surface area (Å²) >= 11 is 0. The Morgan fingerprint density at radius 1 is 1.00 bits per heavy atom. The third-order valence-corrected chi connectivity index (χ3v) is 4.04. The van der Waals surface area contributed by atoms with Crippen LogP contribution < -0.4 is 14.8 Å². The number of urea groups is 1. The Balaban J connectivity index is 1.84. The molecule has 1 heterocycles. The van der Waals surface area contributed by atoms with Crippen molar-refractivity contribution < 1.29 is 19.1 Å². The molecule has 0 bridgehead atoms. The number of hydrogen-bond donors (Lipinski definition) is 1. The number of nitrogens with zero attached hydrogens (tertiary/aromatic N) is 1. The Morgan fingerprint density at radius 2 is 1.74 bits per heavy atom. The number of rotatable bonds is 7. The molecule has 3 rings (SSSR count). The first kappa shape index (κ1) is 18.5. The van der Waals surface area contributed by atoms with Gasteiger partial charge in [-0.05, 0) is 37.6 Å². The van der Waals surface area contributed by atoms with Gasteiger partial charge < -0.3 is 14.8 Å². The normalized spacial score (nSPS) is 15.2. The molecule has 1 fully saturated rings. The van der Waals surface area contributed by atoms with Crippen molar-refractivity contribution in [2.75, 3.05) is 13.2 Å². The first-order valence-electron chi connectivity index (χ1n) is 8.90. The minimum absolute atomic E-state index is 0.223. The second kappa shape index (κ2) is 8.40. The van der Waals surface area contributed by atoms with Crippen molar-refractivity contribution in [1.29, 1.82) is 0 Å². The first-order chi connectivity index (χ1) is 13.1. The fourth-order valence-corrected chi connectivity index (χ4v) is 2.81. The number of hydrogen-bond acceptors (Lipinski definition) is 4. The van der Waals surface area contributed by atoms with Gasteiger partial charge in [0.05, 0.1) is 19.8 Å². The molecule has 1 aliphatic rings. The Bertz CT molecular complexity index is 862. The summed E-state index contributed by atoms with van der Waals surface area (Å²) in [5, 5.41) is 2.64. The molecule has 2 aromatic carbocycles. The molecule has 27 heavy (non-hydrogen) atoms. The lowest BCUT2D eigenvalue weighted by Crippen LogP contribution is -2.30. The molecule has 1 aliphatic heterocycles. The van der Waals surface area contributed by atoms with Gasteiger partial charge in [-0.2, -0.15) is 0 Å². The van der Waals surface area contributed by atoms with E-state index in [2.05, 4.69) is 5.32 Å². The van der Waals surface area contributed by atoms with Crippen molar-refractivity contribution >= 4 is 18.0 Å². The Hall–Kier alpha value is -3.28. The highest BCUT2D eigenvalue weighted by Gasteiger charge is 2.33. The van der Waals surface area contributed by atoms with Gasteiger partial charge in [-0.3, -0.25) is 9.69 Å².